The highest BCUT2D eigenvalue weighted by Gasteiger charge is 2.47. The van der Waals surface area contributed by atoms with Crippen LogP contribution in [0.3, 0.4) is 0 Å². The number of aliphatic hydroxyl groups is 1. The number of esters is 1. The molecule has 0 spiro atoms. The highest BCUT2D eigenvalue weighted by atomic mass is 16.5. The van der Waals surface area contributed by atoms with Crippen molar-refractivity contribution in [3.63, 3.8) is 0 Å². The maximum atomic E-state index is 13.6. The van der Waals surface area contributed by atoms with Crippen LogP contribution >= 0.6 is 0 Å². The first-order chi connectivity index (χ1) is 22.6. The molecule has 0 unspecified atom stereocenters. The number of hydrogen-bond acceptors (Lipinski definition) is 8. The summed E-state index contributed by atoms with van der Waals surface area (Å²) in [7, 11) is 2.57. The van der Waals surface area contributed by atoms with Crippen LogP contribution in [0.25, 0.3) is 0 Å². The molecule has 0 saturated carbocycles. The van der Waals surface area contributed by atoms with Gasteiger partial charge in [-0.2, -0.15) is 0 Å². The van der Waals surface area contributed by atoms with E-state index in [0.717, 1.165) is 38.5 Å². The lowest BCUT2D eigenvalue weighted by Gasteiger charge is -2.30. The van der Waals surface area contributed by atoms with E-state index in [1.54, 1.807) is 37.3 Å². The zero-order valence-electron chi connectivity index (χ0n) is 28.7. The third kappa shape index (κ3) is 16.6. The average Bonchev–Trinajstić information content (AvgIpc) is 3.06. The van der Waals surface area contributed by atoms with Crippen LogP contribution in [0.1, 0.15) is 103 Å². The van der Waals surface area contributed by atoms with Gasteiger partial charge in [0.05, 0.1) is 13.0 Å². The van der Waals surface area contributed by atoms with Crippen molar-refractivity contribution in [1.82, 2.24) is 5.32 Å². The summed E-state index contributed by atoms with van der Waals surface area (Å²) in [5.41, 5.74) is -1.78. The third-order valence-electron chi connectivity index (χ3n) is 7.97. The fourth-order valence-electron chi connectivity index (χ4n) is 5.08. The van der Waals surface area contributed by atoms with Crippen LogP contribution in [0.15, 0.2) is 36.4 Å². The molecule has 0 aliphatic rings. The highest BCUT2D eigenvalue weighted by Crippen LogP contribution is 2.26. The quantitative estimate of drug-likeness (QED) is 0.0502. The van der Waals surface area contributed by atoms with Crippen molar-refractivity contribution in [1.29, 1.82) is 0 Å². The number of aliphatic carboxylic acids is 1. The standard InChI is InChI=1S/C37H55NO9/c1-5-7-9-12-15-18-30(39)19-16-13-10-11-14-17-20-32(37(44,36(42)43)25-27-45-3)34(40)38-33(35(41)46-4)28-29-21-23-31(24-22-29)47-26-8-6-2/h17,20-24,32-33,44H,5,7,9-16,18-19,25-28H2,1-4H3,(H,38,40)(H,42,43)/t32-,33+,37+/m1/s1. The molecule has 0 aliphatic heterocycles. The summed E-state index contributed by atoms with van der Waals surface area (Å²) < 4.78 is 15.4. The lowest BCUT2D eigenvalue weighted by atomic mass is 9.83. The van der Waals surface area contributed by atoms with E-state index in [2.05, 4.69) is 24.1 Å². The predicted octanol–water partition coefficient (Wildman–Crippen LogP) is 5.58. The minimum absolute atomic E-state index is 0.0643. The fourth-order valence-corrected chi connectivity index (χ4v) is 5.08. The molecule has 1 aromatic rings. The van der Waals surface area contributed by atoms with Crippen molar-refractivity contribution in [2.24, 2.45) is 5.92 Å². The molecule has 1 aromatic carbocycles. The summed E-state index contributed by atoms with van der Waals surface area (Å²) in [6, 6.07) is 5.78. The van der Waals surface area contributed by atoms with Crippen molar-refractivity contribution in [3.05, 3.63) is 42.0 Å². The zero-order chi connectivity index (χ0) is 34.9. The summed E-state index contributed by atoms with van der Waals surface area (Å²) in [5, 5.41) is 23.8. The van der Waals surface area contributed by atoms with Gasteiger partial charge in [0.1, 0.15) is 24.2 Å². The molecule has 262 valence electrons. The molecule has 10 heteroatoms. The number of hydrogen-bond donors (Lipinski definition) is 3. The molecule has 3 atom stereocenters. The summed E-state index contributed by atoms with van der Waals surface area (Å²) >= 11 is 0. The van der Waals surface area contributed by atoms with Gasteiger partial charge in [-0.3, -0.25) is 9.59 Å². The zero-order valence-corrected chi connectivity index (χ0v) is 28.7. The first-order valence-electron chi connectivity index (χ1n) is 16.7. The van der Waals surface area contributed by atoms with Gasteiger partial charge in [0.25, 0.3) is 0 Å². The van der Waals surface area contributed by atoms with Crippen molar-refractivity contribution >= 4 is 23.6 Å². The number of Topliss-reactive ketones (excluding diaryl/α,β-unsaturated/α-hetero) is 1. The Kier molecular flexibility index (Phi) is 21.5. The number of allylic oxidation sites excluding steroid dienone is 1. The molecular formula is C37H55NO9. The van der Waals surface area contributed by atoms with Gasteiger partial charge in [-0.25, -0.2) is 9.59 Å². The second-order valence-corrected chi connectivity index (χ2v) is 11.7. The number of carboxylic acids is 1. The van der Waals surface area contributed by atoms with Crippen LogP contribution in [-0.2, 0) is 35.1 Å². The first-order valence-corrected chi connectivity index (χ1v) is 16.7. The molecular weight excluding hydrogens is 602 g/mol. The summed E-state index contributed by atoms with van der Waals surface area (Å²) in [4.78, 5) is 50.6. The summed E-state index contributed by atoms with van der Waals surface area (Å²) in [6.07, 6.45) is 13.6. The number of amides is 1. The van der Waals surface area contributed by atoms with E-state index in [-0.39, 0.29) is 26.1 Å². The van der Waals surface area contributed by atoms with Crippen LogP contribution in [0.5, 0.6) is 5.75 Å². The third-order valence-corrected chi connectivity index (χ3v) is 7.97. The molecule has 0 bridgehead atoms. The molecule has 0 heterocycles. The number of carbonyl (C=O) groups excluding carboxylic acids is 3. The minimum Gasteiger partial charge on any atom is -0.481 e. The van der Waals surface area contributed by atoms with Crippen LogP contribution in [0, 0.1) is 17.8 Å². The Labute approximate surface area is 280 Å². The Morgan fingerprint density at radius 1 is 0.957 bits per heavy atom. The Balaban J connectivity index is 2.87. The monoisotopic (exact) mass is 657 g/mol. The molecule has 0 aromatic heterocycles. The number of rotatable bonds is 26. The lowest BCUT2D eigenvalue weighted by molar-refractivity contribution is -0.169. The SMILES string of the molecule is CC#CCOc1ccc(C[C@H](NC(=O)[C@@H](C=CCCCCCCC(=O)CCCCCCC)[C@@](O)(CCOC)C(=O)O)C(=O)OC)cc1. The summed E-state index contributed by atoms with van der Waals surface area (Å²) in [5.74, 6) is 1.82. The van der Waals surface area contributed by atoms with Gasteiger partial charge in [-0.1, -0.05) is 75.7 Å². The summed E-state index contributed by atoms with van der Waals surface area (Å²) in [6.45, 7) is 4.02. The number of ketones is 1. The van der Waals surface area contributed by atoms with Gasteiger partial charge in [0, 0.05) is 39.4 Å². The number of unbranched alkanes of at least 4 members (excludes halogenated alkanes) is 8. The Morgan fingerprint density at radius 2 is 1.60 bits per heavy atom. The van der Waals surface area contributed by atoms with Crippen LogP contribution in [0.2, 0.25) is 0 Å². The minimum atomic E-state index is -2.48. The molecule has 1 amide bonds. The fraction of sp³-hybridized carbons (Fsp3) is 0.622. The van der Waals surface area contributed by atoms with Crippen molar-refractivity contribution in [2.45, 2.75) is 115 Å². The molecule has 3 N–H and O–H groups in total. The van der Waals surface area contributed by atoms with E-state index < -0.39 is 35.4 Å². The number of benzene rings is 1. The molecule has 0 fully saturated rings. The van der Waals surface area contributed by atoms with E-state index in [9.17, 15) is 29.4 Å². The Morgan fingerprint density at radius 3 is 2.17 bits per heavy atom. The van der Waals surface area contributed by atoms with E-state index in [1.165, 1.54) is 39.6 Å². The second-order valence-electron chi connectivity index (χ2n) is 11.7. The number of carboxylic acid groups (broad SMARTS) is 1. The van der Waals surface area contributed by atoms with E-state index >= 15 is 0 Å². The van der Waals surface area contributed by atoms with E-state index in [4.69, 9.17) is 14.2 Å². The molecule has 0 saturated heterocycles. The molecule has 1 rings (SSSR count). The molecule has 10 nitrogen and oxygen atoms in total. The van der Waals surface area contributed by atoms with Crippen molar-refractivity contribution in [3.8, 4) is 17.6 Å². The number of carbonyl (C=O) groups is 4. The van der Waals surface area contributed by atoms with Gasteiger partial charge in [-0.05, 0) is 50.3 Å². The predicted molar refractivity (Wildman–Crippen MR) is 181 cm³/mol. The van der Waals surface area contributed by atoms with Gasteiger partial charge in [0.15, 0.2) is 5.60 Å². The number of methoxy groups -OCH3 is 2. The smallest absolute Gasteiger partial charge is 0.336 e. The van der Waals surface area contributed by atoms with Gasteiger partial charge in [-0.15, -0.1) is 5.92 Å². The molecule has 0 radical (unpaired) electrons. The van der Waals surface area contributed by atoms with Crippen LogP contribution in [0.4, 0.5) is 0 Å². The van der Waals surface area contributed by atoms with Crippen molar-refractivity contribution < 1.29 is 43.6 Å². The normalized spacial score (nSPS) is 13.6. The van der Waals surface area contributed by atoms with Crippen LogP contribution in [-0.4, -0.2) is 72.9 Å². The molecule has 47 heavy (non-hydrogen) atoms. The maximum Gasteiger partial charge on any atom is 0.336 e. The topological polar surface area (TPSA) is 148 Å². The maximum absolute atomic E-state index is 13.6. The Hall–Kier alpha value is -3.68. The van der Waals surface area contributed by atoms with Gasteiger partial charge >= 0.3 is 11.9 Å². The number of ether oxygens (including phenoxy) is 3. The second kappa shape index (κ2) is 24.5. The highest BCUT2D eigenvalue weighted by molar-refractivity contribution is 5.92. The first kappa shape index (κ1) is 41.3. The largest absolute Gasteiger partial charge is 0.481 e. The Bertz CT molecular complexity index is 1170. The van der Waals surface area contributed by atoms with E-state index in [1.807, 2.05) is 0 Å². The van der Waals surface area contributed by atoms with Gasteiger partial charge in [0.2, 0.25) is 5.91 Å². The van der Waals surface area contributed by atoms with E-state index in [0.29, 0.717) is 36.4 Å². The van der Waals surface area contributed by atoms with Crippen LogP contribution < -0.4 is 10.1 Å². The van der Waals surface area contributed by atoms with Crippen molar-refractivity contribution in [2.75, 3.05) is 27.4 Å². The van der Waals surface area contributed by atoms with Gasteiger partial charge < -0.3 is 29.7 Å². The average molecular weight is 658 g/mol. The number of nitrogens with one attached hydrogen (secondary N) is 1. The molecule has 0 aliphatic carbocycles. The lowest BCUT2D eigenvalue weighted by Crippen LogP contribution is -2.55.